The molecule has 4 aromatic heterocycles. The summed E-state index contributed by atoms with van der Waals surface area (Å²) >= 11 is 0. The Balaban J connectivity index is 1.29. The van der Waals surface area contributed by atoms with Crippen LogP contribution in [-0.4, -0.2) is 73.1 Å². The Hall–Kier alpha value is -3.72. The van der Waals surface area contributed by atoms with Gasteiger partial charge in [0, 0.05) is 49.5 Å². The predicted molar refractivity (Wildman–Crippen MR) is 128 cm³/mol. The quantitative estimate of drug-likeness (QED) is 0.445. The molecule has 0 amide bonds. The largest absolute Gasteiger partial charge is 0.352 e. The molecule has 0 atom stereocenters. The molecule has 9 heteroatoms. The molecule has 9 nitrogen and oxygen atoms in total. The number of likely N-dealkylation sites (N-methyl/N-ethyl adjacent to an activating group) is 1. The first kappa shape index (κ1) is 18.8. The van der Waals surface area contributed by atoms with E-state index in [0.717, 1.165) is 76.6 Å². The first-order chi connectivity index (χ1) is 16.2. The Morgan fingerprint density at radius 1 is 1.00 bits per heavy atom. The molecule has 0 unspecified atom stereocenters. The van der Waals surface area contributed by atoms with E-state index in [9.17, 15) is 0 Å². The highest BCUT2D eigenvalue weighted by molar-refractivity contribution is 5.97. The van der Waals surface area contributed by atoms with Crippen LogP contribution in [0.5, 0.6) is 0 Å². The highest BCUT2D eigenvalue weighted by Crippen LogP contribution is 2.36. The molecular weight excluding hydrogens is 414 g/mol. The average Bonchev–Trinajstić information content (AvgIpc) is 3.23. The summed E-state index contributed by atoms with van der Waals surface area (Å²) in [7, 11) is 2.16. The van der Waals surface area contributed by atoms with E-state index < -0.39 is 0 Å². The number of fused-ring (bicyclic) bond motifs is 2. The number of anilines is 1. The fourth-order valence-corrected chi connectivity index (χ4v) is 4.68. The van der Waals surface area contributed by atoms with Crippen LogP contribution in [0.25, 0.3) is 44.6 Å². The van der Waals surface area contributed by atoms with Crippen LogP contribution in [-0.2, 0) is 0 Å². The molecule has 0 spiro atoms. The molecule has 166 valence electrons. The third-order valence-electron chi connectivity index (χ3n) is 6.83. The standard InChI is InChI=1S/C24H25N9/c1-31-8-10-32(11-9-31)24-22-20(6-7-25-24)27-23(28-22)21-18-12-15(2-5-19(18)29-30-21)16-13-26-33(14-16)17-3-4-17/h2,5-7,12-14,17H,3-4,8-11H2,1H3,(H,27,28)(H,29,30). The molecule has 1 saturated carbocycles. The highest BCUT2D eigenvalue weighted by atomic mass is 15.3. The van der Waals surface area contributed by atoms with Crippen molar-refractivity contribution in [2.75, 3.05) is 38.1 Å². The molecule has 2 N–H and O–H groups in total. The van der Waals surface area contributed by atoms with Gasteiger partial charge in [0.2, 0.25) is 0 Å². The third-order valence-corrected chi connectivity index (χ3v) is 6.83. The number of rotatable bonds is 4. The van der Waals surface area contributed by atoms with Gasteiger partial charge >= 0.3 is 0 Å². The second kappa shape index (κ2) is 7.14. The van der Waals surface area contributed by atoms with Gasteiger partial charge in [0.15, 0.2) is 11.6 Å². The number of nitrogens with zero attached hydrogens (tertiary/aromatic N) is 7. The Morgan fingerprint density at radius 2 is 1.88 bits per heavy atom. The van der Waals surface area contributed by atoms with Gasteiger partial charge in [0.05, 0.1) is 23.3 Å². The molecule has 0 bridgehead atoms. The van der Waals surface area contributed by atoms with Gasteiger partial charge in [0.1, 0.15) is 11.2 Å². The topological polar surface area (TPSA) is 94.5 Å². The minimum Gasteiger partial charge on any atom is -0.352 e. The summed E-state index contributed by atoms with van der Waals surface area (Å²) in [4.78, 5) is 17.8. The second-order valence-corrected chi connectivity index (χ2v) is 9.18. The van der Waals surface area contributed by atoms with E-state index in [-0.39, 0.29) is 0 Å². The van der Waals surface area contributed by atoms with E-state index in [1.807, 2.05) is 18.5 Å². The van der Waals surface area contributed by atoms with Crippen LogP contribution in [0.1, 0.15) is 18.9 Å². The first-order valence-electron chi connectivity index (χ1n) is 11.5. The monoisotopic (exact) mass is 439 g/mol. The molecule has 33 heavy (non-hydrogen) atoms. The second-order valence-electron chi connectivity index (χ2n) is 9.18. The Kier molecular flexibility index (Phi) is 4.07. The van der Waals surface area contributed by atoms with Crippen molar-refractivity contribution in [3.63, 3.8) is 0 Å². The number of H-pyrrole nitrogens is 2. The highest BCUT2D eigenvalue weighted by Gasteiger charge is 2.25. The lowest BCUT2D eigenvalue weighted by Crippen LogP contribution is -2.44. The van der Waals surface area contributed by atoms with Crippen molar-refractivity contribution in [1.29, 1.82) is 0 Å². The van der Waals surface area contributed by atoms with Crippen molar-refractivity contribution in [1.82, 2.24) is 39.8 Å². The third kappa shape index (κ3) is 3.19. The van der Waals surface area contributed by atoms with Crippen LogP contribution in [0, 0.1) is 0 Å². The maximum Gasteiger partial charge on any atom is 0.159 e. The van der Waals surface area contributed by atoms with Crippen LogP contribution >= 0.6 is 0 Å². The summed E-state index contributed by atoms with van der Waals surface area (Å²) in [6.07, 6.45) is 8.41. The lowest BCUT2D eigenvalue weighted by Gasteiger charge is -2.33. The Labute approximate surface area is 190 Å². The maximum atomic E-state index is 4.97. The van der Waals surface area contributed by atoms with Crippen molar-refractivity contribution in [2.45, 2.75) is 18.9 Å². The van der Waals surface area contributed by atoms with Crippen LogP contribution in [0.2, 0.25) is 0 Å². The van der Waals surface area contributed by atoms with Gasteiger partial charge in [-0.3, -0.25) is 9.78 Å². The van der Waals surface area contributed by atoms with E-state index in [4.69, 9.17) is 4.98 Å². The molecule has 0 radical (unpaired) electrons. The number of hydrogen-bond donors (Lipinski definition) is 2. The summed E-state index contributed by atoms with van der Waals surface area (Å²) in [6.45, 7) is 3.96. The minimum atomic E-state index is 0.575. The number of nitrogens with one attached hydrogen (secondary N) is 2. The minimum absolute atomic E-state index is 0.575. The van der Waals surface area contributed by atoms with E-state index in [2.05, 4.69) is 71.2 Å². The normalized spacial score (nSPS) is 17.4. The number of hydrogen-bond acceptors (Lipinski definition) is 6. The Morgan fingerprint density at radius 3 is 2.73 bits per heavy atom. The van der Waals surface area contributed by atoms with Gasteiger partial charge in [-0.1, -0.05) is 6.07 Å². The zero-order chi connectivity index (χ0) is 21.9. The van der Waals surface area contributed by atoms with Crippen LogP contribution in [0.3, 0.4) is 0 Å². The van der Waals surface area contributed by atoms with Gasteiger partial charge in [-0.2, -0.15) is 10.2 Å². The molecule has 2 aliphatic rings. The number of aromatic amines is 2. The molecule has 1 aliphatic carbocycles. The zero-order valence-corrected chi connectivity index (χ0v) is 18.5. The number of aromatic nitrogens is 7. The van der Waals surface area contributed by atoms with Crippen molar-refractivity contribution >= 4 is 27.8 Å². The molecular formula is C24H25N9. The van der Waals surface area contributed by atoms with E-state index in [0.29, 0.717) is 6.04 Å². The SMILES string of the molecule is CN1CCN(c2nccc3[nH]c(-c4n[nH]c5ccc(-c6cnn(C7CC7)c6)cc45)nc23)CC1. The van der Waals surface area contributed by atoms with Gasteiger partial charge in [-0.25, -0.2) is 9.97 Å². The summed E-state index contributed by atoms with van der Waals surface area (Å²) in [6, 6.07) is 8.93. The number of imidazole rings is 1. The number of benzene rings is 1. The molecule has 5 heterocycles. The van der Waals surface area contributed by atoms with E-state index in [1.54, 1.807) is 0 Å². The van der Waals surface area contributed by atoms with Crippen molar-refractivity contribution in [3.05, 3.63) is 42.9 Å². The fraction of sp³-hybridized carbons (Fsp3) is 0.333. The molecule has 2 fully saturated rings. The Bertz CT molecular complexity index is 1460. The maximum absolute atomic E-state index is 4.97. The lowest BCUT2D eigenvalue weighted by atomic mass is 10.1. The zero-order valence-electron chi connectivity index (χ0n) is 18.5. The van der Waals surface area contributed by atoms with Crippen molar-refractivity contribution in [3.8, 4) is 22.6 Å². The van der Waals surface area contributed by atoms with Crippen molar-refractivity contribution < 1.29 is 0 Å². The summed E-state index contributed by atoms with van der Waals surface area (Å²) in [5.74, 6) is 1.70. The molecule has 1 aromatic carbocycles. The van der Waals surface area contributed by atoms with Gasteiger partial charge < -0.3 is 14.8 Å². The van der Waals surface area contributed by atoms with Gasteiger partial charge in [-0.05, 0) is 43.7 Å². The van der Waals surface area contributed by atoms with Crippen LogP contribution < -0.4 is 4.90 Å². The lowest BCUT2D eigenvalue weighted by molar-refractivity contribution is 0.312. The number of pyridine rings is 1. The summed E-state index contributed by atoms with van der Waals surface area (Å²) in [5.41, 5.74) is 5.94. The van der Waals surface area contributed by atoms with Crippen molar-refractivity contribution in [2.24, 2.45) is 0 Å². The summed E-state index contributed by atoms with van der Waals surface area (Å²) in [5, 5.41) is 13.4. The molecule has 1 aliphatic heterocycles. The van der Waals surface area contributed by atoms with E-state index in [1.165, 1.54) is 12.8 Å². The molecule has 5 aromatic rings. The van der Waals surface area contributed by atoms with Crippen LogP contribution in [0.4, 0.5) is 5.82 Å². The first-order valence-corrected chi connectivity index (χ1v) is 11.5. The molecule has 7 rings (SSSR count). The van der Waals surface area contributed by atoms with Gasteiger partial charge in [0.25, 0.3) is 0 Å². The average molecular weight is 440 g/mol. The smallest absolute Gasteiger partial charge is 0.159 e. The van der Waals surface area contributed by atoms with E-state index >= 15 is 0 Å². The fourth-order valence-electron chi connectivity index (χ4n) is 4.68. The predicted octanol–water partition coefficient (Wildman–Crippen LogP) is 3.45. The molecule has 1 saturated heterocycles. The van der Waals surface area contributed by atoms with Gasteiger partial charge in [-0.15, -0.1) is 0 Å². The summed E-state index contributed by atoms with van der Waals surface area (Å²) < 4.78 is 2.09. The number of piperazine rings is 1. The van der Waals surface area contributed by atoms with Crippen LogP contribution in [0.15, 0.2) is 42.9 Å².